The second kappa shape index (κ2) is 30.8. The van der Waals surface area contributed by atoms with Crippen LogP contribution in [0.2, 0.25) is 0 Å². The summed E-state index contributed by atoms with van der Waals surface area (Å²) in [6, 6.07) is 0. The number of unbranched alkanes of at least 4 members (excludes halogenated alkanes) is 16. The third-order valence-electron chi connectivity index (χ3n) is 10.4. The first-order valence-corrected chi connectivity index (χ1v) is 20.8. The van der Waals surface area contributed by atoms with Crippen molar-refractivity contribution in [2.75, 3.05) is 19.8 Å². The number of rotatable bonds is 34. The highest BCUT2D eigenvalue weighted by atomic mass is 16.6. The van der Waals surface area contributed by atoms with Crippen LogP contribution in [0.25, 0.3) is 0 Å². The fourth-order valence-electron chi connectivity index (χ4n) is 7.01. The number of carbonyl (C=O) groups excluding carboxylic acids is 1. The molecule has 2 unspecified atom stereocenters. The Morgan fingerprint density at radius 1 is 0.551 bits per heavy atom. The van der Waals surface area contributed by atoms with Gasteiger partial charge in [-0.3, -0.25) is 4.79 Å². The maximum absolute atomic E-state index is 12.5. The first kappa shape index (κ1) is 46.3. The van der Waals surface area contributed by atoms with Crippen molar-refractivity contribution in [2.24, 2.45) is 11.8 Å². The smallest absolute Gasteiger partial charge is 0.306 e. The van der Waals surface area contributed by atoms with E-state index in [1.165, 1.54) is 116 Å². The maximum atomic E-state index is 12.5. The molecule has 0 saturated heterocycles. The van der Waals surface area contributed by atoms with Crippen molar-refractivity contribution in [1.29, 1.82) is 0 Å². The fraction of sp³-hybridized carbons (Fsp3) is 0.976. The van der Waals surface area contributed by atoms with E-state index in [-0.39, 0.29) is 19.6 Å². The van der Waals surface area contributed by atoms with Gasteiger partial charge in [-0.15, -0.1) is 0 Å². The van der Waals surface area contributed by atoms with Crippen molar-refractivity contribution in [1.82, 2.24) is 0 Å². The van der Waals surface area contributed by atoms with Crippen LogP contribution in [0.15, 0.2) is 0 Å². The molecule has 0 amide bonds. The molecule has 8 atom stereocenters. The van der Waals surface area contributed by atoms with E-state index in [0.717, 1.165) is 43.9 Å². The largest absolute Gasteiger partial charge is 0.457 e. The molecule has 1 rings (SSSR count). The summed E-state index contributed by atoms with van der Waals surface area (Å²) < 4.78 is 16.8. The van der Waals surface area contributed by atoms with Gasteiger partial charge in [0.2, 0.25) is 0 Å². The van der Waals surface area contributed by atoms with Crippen molar-refractivity contribution in [3.8, 4) is 0 Å². The Hall–Kier alpha value is -0.770. The number of esters is 1. The lowest BCUT2D eigenvalue weighted by Crippen LogP contribution is -2.41. The molecular weight excluding hydrogens is 620 g/mol. The summed E-state index contributed by atoms with van der Waals surface area (Å²) in [5, 5.41) is 41.4. The van der Waals surface area contributed by atoms with Crippen molar-refractivity contribution in [3.63, 3.8) is 0 Å². The third kappa shape index (κ3) is 23.4. The zero-order valence-corrected chi connectivity index (χ0v) is 32.3. The zero-order valence-electron chi connectivity index (χ0n) is 32.3. The maximum Gasteiger partial charge on any atom is 0.306 e. The van der Waals surface area contributed by atoms with Gasteiger partial charge in [0.15, 0.2) is 6.10 Å². The number of aliphatic hydroxyl groups excluding tert-OH is 4. The van der Waals surface area contributed by atoms with Gasteiger partial charge in [0.1, 0.15) is 30.5 Å². The molecule has 0 heterocycles. The van der Waals surface area contributed by atoms with Crippen LogP contribution in [-0.2, 0) is 19.0 Å². The van der Waals surface area contributed by atoms with Crippen LogP contribution in [0.5, 0.6) is 0 Å². The van der Waals surface area contributed by atoms with Crippen molar-refractivity contribution in [2.45, 2.75) is 225 Å². The highest BCUT2D eigenvalue weighted by Gasteiger charge is 2.52. The molecule has 1 aliphatic rings. The Labute approximate surface area is 301 Å². The quantitative estimate of drug-likeness (QED) is 0.0388. The molecule has 8 heteroatoms. The monoisotopic (exact) mass is 701 g/mol. The molecule has 0 aromatic heterocycles. The van der Waals surface area contributed by atoms with Crippen LogP contribution in [0.3, 0.4) is 0 Å². The minimum Gasteiger partial charge on any atom is -0.457 e. The molecule has 1 fully saturated rings. The van der Waals surface area contributed by atoms with E-state index < -0.39 is 42.6 Å². The molecule has 0 aromatic carbocycles. The van der Waals surface area contributed by atoms with E-state index in [9.17, 15) is 25.2 Å². The van der Waals surface area contributed by atoms with Gasteiger partial charge < -0.3 is 34.6 Å². The first-order valence-electron chi connectivity index (χ1n) is 20.8. The Kier molecular flexibility index (Phi) is 29.1. The van der Waals surface area contributed by atoms with Crippen molar-refractivity contribution in [3.05, 3.63) is 0 Å². The third-order valence-corrected chi connectivity index (χ3v) is 10.4. The SMILES string of the molecule is CCCCCCC(C)CCCCCCCCCOC[C@H](O)CO[C@@H]1[C@@H](O)[C@H](O)[C@@H](O)[C@@H]1OC(=O)CCCCCCCCC(C)CCCCC. The first-order chi connectivity index (χ1) is 23.7. The fourth-order valence-corrected chi connectivity index (χ4v) is 7.01. The number of hydrogen-bond donors (Lipinski definition) is 4. The van der Waals surface area contributed by atoms with Gasteiger partial charge >= 0.3 is 5.97 Å². The van der Waals surface area contributed by atoms with Crippen LogP contribution in [0.1, 0.15) is 188 Å². The number of ether oxygens (including phenoxy) is 3. The van der Waals surface area contributed by atoms with Crippen LogP contribution in [-0.4, -0.2) is 82.8 Å². The molecule has 0 radical (unpaired) electrons. The van der Waals surface area contributed by atoms with Gasteiger partial charge in [-0.1, -0.05) is 169 Å². The summed E-state index contributed by atoms with van der Waals surface area (Å²) in [7, 11) is 0. The molecule has 292 valence electrons. The second-order valence-electron chi connectivity index (χ2n) is 15.4. The molecule has 0 spiro atoms. The molecule has 49 heavy (non-hydrogen) atoms. The lowest BCUT2D eigenvalue weighted by molar-refractivity contribution is -0.168. The van der Waals surface area contributed by atoms with Crippen LogP contribution >= 0.6 is 0 Å². The lowest BCUT2D eigenvalue weighted by atomic mass is 9.96. The average molecular weight is 701 g/mol. The lowest BCUT2D eigenvalue weighted by Gasteiger charge is -2.24. The number of aliphatic hydroxyl groups is 4. The highest BCUT2D eigenvalue weighted by molar-refractivity contribution is 5.69. The van der Waals surface area contributed by atoms with Crippen LogP contribution < -0.4 is 0 Å². The molecular formula is C41H80O8. The summed E-state index contributed by atoms with van der Waals surface area (Å²) in [5.74, 6) is 1.19. The normalized spacial score (nSPS) is 22.7. The van der Waals surface area contributed by atoms with Gasteiger partial charge in [-0.2, -0.15) is 0 Å². The minimum atomic E-state index is -1.49. The van der Waals surface area contributed by atoms with E-state index in [1.807, 2.05) is 0 Å². The van der Waals surface area contributed by atoms with Gasteiger partial charge in [0.05, 0.1) is 13.2 Å². The van der Waals surface area contributed by atoms with Gasteiger partial charge in [0.25, 0.3) is 0 Å². The van der Waals surface area contributed by atoms with E-state index in [4.69, 9.17) is 14.2 Å². The molecule has 8 nitrogen and oxygen atoms in total. The summed E-state index contributed by atoms with van der Waals surface area (Å²) >= 11 is 0. The van der Waals surface area contributed by atoms with Gasteiger partial charge in [0, 0.05) is 13.0 Å². The highest BCUT2D eigenvalue weighted by Crippen LogP contribution is 2.28. The molecule has 1 saturated carbocycles. The number of hydrogen-bond acceptors (Lipinski definition) is 8. The van der Waals surface area contributed by atoms with E-state index in [0.29, 0.717) is 13.0 Å². The van der Waals surface area contributed by atoms with E-state index >= 15 is 0 Å². The van der Waals surface area contributed by atoms with Crippen molar-refractivity contribution < 1.29 is 39.4 Å². The molecule has 0 aliphatic heterocycles. The Morgan fingerprint density at radius 2 is 0.980 bits per heavy atom. The zero-order chi connectivity index (χ0) is 36.1. The van der Waals surface area contributed by atoms with Gasteiger partial charge in [-0.05, 0) is 24.7 Å². The average Bonchev–Trinajstić information content (AvgIpc) is 3.28. The van der Waals surface area contributed by atoms with E-state index in [2.05, 4.69) is 27.7 Å². The molecule has 1 aliphatic carbocycles. The summed E-state index contributed by atoms with van der Waals surface area (Å²) in [4.78, 5) is 12.5. The predicted octanol–water partition coefficient (Wildman–Crippen LogP) is 8.82. The Balaban J connectivity index is 2.11. The van der Waals surface area contributed by atoms with Crippen molar-refractivity contribution >= 4 is 5.97 Å². The predicted molar refractivity (Wildman–Crippen MR) is 200 cm³/mol. The van der Waals surface area contributed by atoms with Crippen LogP contribution in [0, 0.1) is 11.8 Å². The summed E-state index contributed by atoms with van der Waals surface area (Å²) in [6.07, 6.45) is 22.2. The van der Waals surface area contributed by atoms with Crippen LogP contribution in [0.4, 0.5) is 0 Å². The molecule has 4 N–H and O–H groups in total. The Morgan fingerprint density at radius 3 is 1.53 bits per heavy atom. The molecule has 0 aromatic rings. The standard InChI is InChI=1S/C41H80O8/c1-5-7-9-20-26-34(4)28-21-15-11-10-14-18-24-30-47-31-35(42)32-48-40-38(45)37(44)39(46)41(40)49-36(43)29-23-17-13-12-16-22-27-33(3)25-19-8-6-2/h33-35,37-42,44-46H,5-32H2,1-4H3/t33?,34?,35-,37-,38-,39+,40+,41-/m0/s1. The minimum absolute atomic E-state index is 0.0903. The Bertz CT molecular complexity index is 751. The number of carbonyl (C=O) groups is 1. The summed E-state index contributed by atoms with van der Waals surface area (Å²) in [6.45, 7) is 9.76. The summed E-state index contributed by atoms with van der Waals surface area (Å²) in [5.41, 5.74) is 0. The topological polar surface area (TPSA) is 126 Å². The van der Waals surface area contributed by atoms with E-state index in [1.54, 1.807) is 0 Å². The second-order valence-corrected chi connectivity index (χ2v) is 15.4. The molecule has 0 bridgehead atoms. The van der Waals surface area contributed by atoms with Gasteiger partial charge in [-0.25, -0.2) is 0 Å².